The number of nitrogens with zero attached hydrogens (tertiary/aromatic N) is 2. The SMILES string of the molecule is Cc1cnc(C(C)NCc2cccc(/C(N)=N/O)c2F)s1. The van der Waals surface area contributed by atoms with Crippen molar-refractivity contribution in [3.05, 3.63) is 51.2 Å². The van der Waals surface area contributed by atoms with Gasteiger partial charge >= 0.3 is 0 Å². The first-order chi connectivity index (χ1) is 10.0. The van der Waals surface area contributed by atoms with Crippen LogP contribution in [-0.2, 0) is 6.54 Å². The van der Waals surface area contributed by atoms with Crippen LogP contribution in [0.25, 0.3) is 0 Å². The Kier molecular flexibility index (Phi) is 4.87. The number of aromatic nitrogens is 1. The van der Waals surface area contributed by atoms with Gasteiger partial charge < -0.3 is 16.3 Å². The molecular weight excluding hydrogens is 291 g/mol. The number of nitrogens with two attached hydrogens (primary N) is 1. The zero-order chi connectivity index (χ0) is 15.4. The van der Waals surface area contributed by atoms with Gasteiger partial charge in [0, 0.05) is 23.2 Å². The van der Waals surface area contributed by atoms with Crippen LogP contribution in [0.5, 0.6) is 0 Å². The van der Waals surface area contributed by atoms with Crippen molar-refractivity contribution in [2.75, 3.05) is 0 Å². The third kappa shape index (κ3) is 3.56. The molecule has 0 aliphatic heterocycles. The molecule has 4 N–H and O–H groups in total. The van der Waals surface area contributed by atoms with Crippen molar-refractivity contribution in [2.24, 2.45) is 10.9 Å². The first-order valence-corrected chi connectivity index (χ1v) is 7.25. The molecule has 2 rings (SSSR count). The predicted octanol–water partition coefficient (Wildman–Crippen LogP) is 2.54. The van der Waals surface area contributed by atoms with Crippen LogP contribution in [-0.4, -0.2) is 16.0 Å². The lowest BCUT2D eigenvalue weighted by atomic mass is 10.1. The summed E-state index contributed by atoms with van der Waals surface area (Å²) in [5, 5.41) is 15.7. The summed E-state index contributed by atoms with van der Waals surface area (Å²) >= 11 is 1.61. The van der Waals surface area contributed by atoms with Crippen LogP contribution in [0.1, 0.15) is 34.0 Å². The van der Waals surface area contributed by atoms with Gasteiger partial charge in [0.25, 0.3) is 0 Å². The first-order valence-electron chi connectivity index (χ1n) is 6.44. The van der Waals surface area contributed by atoms with Crippen LogP contribution in [0.15, 0.2) is 29.6 Å². The smallest absolute Gasteiger partial charge is 0.173 e. The number of amidine groups is 1. The molecule has 0 bridgehead atoms. The fourth-order valence-electron chi connectivity index (χ4n) is 1.89. The topological polar surface area (TPSA) is 83.5 Å². The van der Waals surface area contributed by atoms with Gasteiger partial charge in [0.05, 0.1) is 11.6 Å². The predicted molar refractivity (Wildman–Crippen MR) is 81.0 cm³/mol. The molecule has 1 atom stereocenters. The van der Waals surface area contributed by atoms with E-state index in [1.54, 1.807) is 23.5 Å². The van der Waals surface area contributed by atoms with Gasteiger partial charge in [0.2, 0.25) is 0 Å². The average molecular weight is 308 g/mol. The summed E-state index contributed by atoms with van der Waals surface area (Å²) in [6.07, 6.45) is 1.82. The molecule has 7 heteroatoms. The monoisotopic (exact) mass is 308 g/mol. The normalized spacial score (nSPS) is 13.4. The number of halogens is 1. The molecule has 21 heavy (non-hydrogen) atoms. The number of aryl methyl sites for hydroxylation is 1. The van der Waals surface area contributed by atoms with Crippen molar-refractivity contribution in [3.8, 4) is 0 Å². The molecule has 112 valence electrons. The Bertz CT molecular complexity index is 656. The number of thiazole rings is 1. The lowest BCUT2D eigenvalue weighted by molar-refractivity contribution is 0.318. The summed E-state index contributed by atoms with van der Waals surface area (Å²) in [5.74, 6) is -0.722. The van der Waals surface area contributed by atoms with Gasteiger partial charge in [0.1, 0.15) is 10.8 Å². The molecule has 0 saturated heterocycles. The van der Waals surface area contributed by atoms with Gasteiger partial charge in [-0.2, -0.15) is 0 Å². The highest BCUT2D eigenvalue weighted by Gasteiger charge is 2.13. The molecule has 1 heterocycles. The average Bonchev–Trinajstić information content (AvgIpc) is 2.91. The minimum Gasteiger partial charge on any atom is -0.409 e. The van der Waals surface area contributed by atoms with E-state index in [2.05, 4.69) is 15.5 Å². The molecule has 0 amide bonds. The zero-order valence-electron chi connectivity index (χ0n) is 11.8. The summed E-state index contributed by atoms with van der Waals surface area (Å²) in [6, 6.07) is 4.83. The Morgan fingerprint density at radius 3 is 2.95 bits per heavy atom. The lowest BCUT2D eigenvalue weighted by Gasteiger charge is -2.13. The lowest BCUT2D eigenvalue weighted by Crippen LogP contribution is -2.21. The highest BCUT2D eigenvalue weighted by molar-refractivity contribution is 7.11. The molecule has 0 spiro atoms. The molecule has 1 aromatic carbocycles. The number of nitrogens with one attached hydrogen (secondary N) is 1. The van der Waals surface area contributed by atoms with Crippen molar-refractivity contribution in [2.45, 2.75) is 26.4 Å². The number of hydrogen-bond donors (Lipinski definition) is 3. The molecule has 2 aromatic rings. The largest absolute Gasteiger partial charge is 0.409 e. The van der Waals surface area contributed by atoms with Crippen LogP contribution in [0.4, 0.5) is 4.39 Å². The third-order valence-electron chi connectivity index (χ3n) is 3.07. The van der Waals surface area contributed by atoms with Crippen molar-refractivity contribution in [1.29, 1.82) is 0 Å². The van der Waals surface area contributed by atoms with Gasteiger partial charge in [-0.25, -0.2) is 9.37 Å². The van der Waals surface area contributed by atoms with Crippen LogP contribution in [0.2, 0.25) is 0 Å². The van der Waals surface area contributed by atoms with Crippen LogP contribution >= 0.6 is 11.3 Å². The van der Waals surface area contributed by atoms with E-state index in [1.165, 1.54) is 6.07 Å². The summed E-state index contributed by atoms with van der Waals surface area (Å²) in [6.45, 7) is 4.30. The third-order valence-corrected chi connectivity index (χ3v) is 4.17. The maximum absolute atomic E-state index is 14.2. The second-order valence-electron chi connectivity index (χ2n) is 4.68. The molecule has 0 saturated carbocycles. The molecule has 0 radical (unpaired) electrons. The Morgan fingerprint density at radius 2 is 2.33 bits per heavy atom. The second kappa shape index (κ2) is 6.64. The maximum atomic E-state index is 14.2. The molecule has 1 aromatic heterocycles. The molecular formula is C14H17FN4OS. The highest BCUT2D eigenvalue weighted by atomic mass is 32.1. The maximum Gasteiger partial charge on any atom is 0.173 e. The minimum atomic E-state index is -0.484. The van der Waals surface area contributed by atoms with E-state index in [9.17, 15) is 4.39 Å². The van der Waals surface area contributed by atoms with Crippen molar-refractivity contribution in [1.82, 2.24) is 10.3 Å². The quantitative estimate of drug-likeness (QED) is 0.343. The zero-order valence-corrected chi connectivity index (χ0v) is 12.6. The van der Waals surface area contributed by atoms with E-state index in [0.29, 0.717) is 12.1 Å². The van der Waals surface area contributed by atoms with Crippen molar-refractivity contribution >= 4 is 17.2 Å². The number of rotatable bonds is 5. The van der Waals surface area contributed by atoms with Crippen molar-refractivity contribution in [3.63, 3.8) is 0 Å². The number of oxime groups is 1. The van der Waals surface area contributed by atoms with E-state index in [-0.39, 0.29) is 17.4 Å². The van der Waals surface area contributed by atoms with Crippen LogP contribution < -0.4 is 11.1 Å². The number of hydrogen-bond acceptors (Lipinski definition) is 5. The fourth-order valence-corrected chi connectivity index (χ4v) is 2.69. The Morgan fingerprint density at radius 1 is 1.57 bits per heavy atom. The molecule has 0 aliphatic rings. The van der Waals surface area contributed by atoms with Gasteiger partial charge in [-0.05, 0) is 19.9 Å². The van der Waals surface area contributed by atoms with E-state index >= 15 is 0 Å². The van der Waals surface area contributed by atoms with Gasteiger partial charge in [-0.3, -0.25) is 0 Å². The van der Waals surface area contributed by atoms with Crippen molar-refractivity contribution < 1.29 is 9.60 Å². The standard InChI is InChI=1S/C14H17FN4OS/c1-8-6-18-14(21-8)9(2)17-7-10-4-3-5-11(12(10)15)13(16)19-20/h3-6,9,17,20H,7H2,1-2H3,(H2,16,19). The molecule has 1 unspecified atom stereocenters. The van der Waals surface area contributed by atoms with Gasteiger partial charge in [-0.1, -0.05) is 17.3 Å². The summed E-state index contributed by atoms with van der Waals surface area (Å²) < 4.78 is 14.2. The molecule has 0 aliphatic carbocycles. The summed E-state index contributed by atoms with van der Waals surface area (Å²) in [7, 11) is 0. The van der Waals surface area contributed by atoms with E-state index < -0.39 is 5.82 Å². The Balaban J connectivity index is 2.10. The Hall–Kier alpha value is -1.99. The minimum absolute atomic E-state index is 0.0237. The van der Waals surface area contributed by atoms with Crippen LogP contribution in [0.3, 0.4) is 0 Å². The second-order valence-corrected chi connectivity index (χ2v) is 5.94. The molecule has 5 nitrogen and oxygen atoms in total. The van der Waals surface area contributed by atoms with Gasteiger partial charge in [-0.15, -0.1) is 11.3 Å². The first kappa shape index (κ1) is 15.4. The Labute approximate surface area is 126 Å². The van der Waals surface area contributed by atoms with Gasteiger partial charge in [0.15, 0.2) is 5.84 Å². The summed E-state index contributed by atoms with van der Waals surface area (Å²) in [5.41, 5.74) is 5.99. The van der Waals surface area contributed by atoms with E-state index in [1.807, 2.05) is 20.0 Å². The van der Waals surface area contributed by atoms with E-state index in [4.69, 9.17) is 10.9 Å². The molecule has 0 fully saturated rings. The summed E-state index contributed by atoms with van der Waals surface area (Å²) in [4.78, 5) is 5.44. The highest BCUT2D eigenvalue weighted by Crippen LogP contribution is 2.20. The van der Waals surface area contributed by atoms with Crippen LogP contribution in [0, 0.1) is 12.7 Å². The number of benzene rings is 1. The fraction of sp³-hybridized carbons (Fsp3) is 0.286. The van der Waals surface area contributed by atoms with E-state index in [0.717, 1.165) is 9.88 Å².